The number of carbonyl (C=O) groups is 1. The van der Waals surface area contributed by atoms with Crippen LogP contribution in [0.25, 0.3) is 0 Å². The number of hydrogen-bond acceptors (Lipinski definition) is 2. The second kappa shape index (κ2) is 19.4. The number of hydrogen-bond donors (Lipinski definition) is 2. The number of rotatable bonds is 17. The van der Waals surface area contributed by atoms with Crippen molar-refractivity contribution in [2.24, 2.45) is 0 Å². The van der Waals surface area contributed by atoms with Crippen molar-refractivity contribution in [3.05, 3.63) is 60.8 Å². The lowest BCUT2D eigenvalue weighted by Crippen LogP contribution is -2.42. The lowest BCUT2D eigenvalue weighted by Gasteiger charge is -2.28. The maximum absolute atomic E-state index is 12.0. The van der Waals surface area contributed by atoms with Crippen molar-refractivity contribution in [2.45, 2.75) is 90.6 Å². The van der Waals surface area contributed by atoms with Crippen LogP contribution < -0.4 is 5.32 Å². The molecule has 0 aliphatic rings. The molecule has 1 atom stereocenters. The van der Waals surface area contributed by atoms with Gasteiger partial charge in [0, 0.05) is 12.6 Å². The molecule has 0 fully saturated rings. The molecular weight excluding hydrogens is 358 g/mol. The molecule has 0 spiro atoms. The van der Waals surface area contributed by atoms with Crippen LogP contribution in [0.15, 0.2) is 60.8 Å². The Kier molecular flexibility index (Phi) is 18.2. The number of aliphatic hydroxyl groups is 1. The summed E-state index contributed by atoms with van der Waals surface area (Å²) in [4.78, 5) is 12.0. The summed E-state index contributed by atoms with van der Waals surface area (Å²) in [5.41, 5.74) is -0.782. The van der Waals surface area contributed by atoms with Crippen molar-refractivity contribution in [2.75, 3.05) is 6.54 Å². The van der Waals surface area contributed by atoms with Crippen LogP contribution in [-0.4, -0.2) is 23.2 Å². The molecule has 0 rings (SSSR count). The summed E-state index contributed by atoms with van der Waals surface area (Å²) in [6, 6.07) is 0. The molecule has 164 valence electrons. The van der Waals surface area contributed by atoms with Gasteiger partial charge in [0.15, 0.2) is 0 Å². The quantitative estimate of drug-likeness (QED) is 0.164. The van der Waals surface area contributed by atoms with E-state index in [1.807, 2.05) is 12.2 Å². The van der Waals surface area contributed by atoms with E-state index in [0.29, 0.717) is 6.54 Å². The minimum Gasteiger partial charge on any atom is -0.388 e. The third-order valence-corrected chi connectivity index (χ3v) is 4.61. The van der Waals surface area contributed by atoms with Gasteiger partial charge in [-0.1, -0.05) is 108 Å². The van der Waals surface area contributed by atoms with Crippen LogP contribution in [0.1, 0.15) is 85.0 Å². The van der Waals surface area contributed by atoms with Gasteiger partial charge >= 0.3 is 0 Å². The Morgan fingerprint density at radius 2 is 1.38 bits per heavy atom. The first-order valence-corrected chi connectivity index (χ1v) is 11.4. The third-order valence-electron chi connectivity index (χ3n) is 4.61. The first-order valence-electron chi connectivity index (χ1n) is 11.4. The van der Waals surface area contributed by atoms with E-state index in [1.165, 1.54) is 12.5 Å². The molecule has 0 aromatic rings. The number of amides is 1. The van der Waals surface area contributed by atoms with E-state index < -0.39 is 5.60 Å². The van der Waals surface area contributed by atoms with E-state index in [2.05, 4.69) is 62.5 Å². The largest absolute Gasteiger partial charge is 0.388 e. The molecule has 0 aliphatic carbocycles. The van der Waals surface area contributed by atoms with Gasteiger partial charge in [-0.3, -0.25) is 4.79 Å². The topological polar surface area (TPSA) is 49.3 Å². The van der Waals surface area contributed by atoms with Gasteiger partial charge in [-0.25, -0.2) is 0 Å². The molecule has 0 aromatic heterocycles. The minimum absolute atomic E-state index is 0.152. The van der Waals surface area contributed by atoms with Crippen LogP contribution in [0.5, 0.6) is 0 Å². The Labute approximate surface area is 179 Å². The minimum atomic E-state index is -0.782. The summed E-state index contributed by atoms with van der Waals surface area (Å²) in [5, 5.41) is 13.5. The van der Waals surface area contributed by atoms with E-state index in [1.54, 1.807) is 6.08 Å². The van der Waals surface area contributed by atoms with Crippen LogP contribution in [-0.2, 0) is 4.79 Å². The summed E-state index contributed by atoms with van der Waals surface area (Å²) in [7, 11) is 0. The highest BCUT2D eigenvalue weighted by molar-refractivity contribution is 5.87. The lowest BCUT2D eigenvalue weighted by molar-refractivity contribution is -0.118. The molecule has 29 heavy (non-hydrogen) atoms. The van der Waals surface area contributed by atoms with Gasteiger partial charge in [0.05, 0.1) is 5.60 Å². The Morgan fingerprint density at radius 3 is 1.97 bits per heavy atom. The highest BCUT2D eigenvalue weighted by Crippen LogP contribution is 2.20. The highest BCUT2D eigenvalue weighted by atomic mass is 16.3. The molecule has 0 radical (unpaired) electrons. The van der Waals surface area contributed by atoms with Crippen molar-refractivity contribution in [1.82, 2.24) is 5.32 Å². The van der Waals surface area contributed by atoms with E-state index in [-0.39, 0.29) is 5.91 Å². The van der Waals surface area contributed by atoms with Crippen LogP contribution >= 0.6 is 0 Å². The molecule has 0 saturated carbocycles. The summed E-state index contributed by atoms with van der Waals surface area (Å²) >= 11 is 0. The van der Waals surface area contributed by atoms with Crippen molar-refractivity contribution < 1.29 is 9.90 Å². The summed E-state index contributed by atoms with van der Waals surface area (Å²) in [6.07, 6.45) is 29.6. The van der Waals surface area contributed by atoms with Crippen LogP contribution in [0.4, 0.5) is 0 Å². The third kappa shape index (κ3) is 17.9. The average molecular weight is 402 g/mol. The van der Waals surface area contributed by atoms with Crippen molar-refractivity contribution in [3.63, 3.8) is 0 Å². The molecule has 0 aliphatic heterocycles. The Bertz CT molecular complexity index is 543. The van der Waals surface area contributed by atoms with Crippen molar-refractivity contribution in [1.29, 1.82) is 0 Å². The number of allylic oxidation sites excluding steroid dienone is 9. The number of carbonyl (C=O) groups excluding carboxylic acids is 1. The fraction of sp³-hybridized carbons (Fsp3) is 0.577. The first kappa shape index (κ1) is 27.1. The number of nitrogens with one attached hydrogen (secondary N) is 1. The first-order chi connectivity index (χ1) is 14.1. The van der Waals surface area contributed by atoms with E-state index >= 15 is 0 Å². The molecule has 0 aromatic carbocycles. The summed E-state index contributed by atoms with van der Waals surface area (Å²) in [6.45, 7) is 6.71. The van der Waals surface area contributed by atoms with Gasteiger partial charge in [-0.05, 0) is 32.1 Å². The second-order valence-corrected chi connectivity index (χ2v) is 7.54. The monoisotopic (exact) mass is 401 g/mol. The van der Waals surface area contributed by atoms with Crippen LogP contribution in [0.2, 0.25) is 0 Å². The maximum Gasteiger partial charge on any atom is 0.244 e. The SMILES string of the molecule is CCCC=CC=CC=CCCC=CC=CC(=O)NCC(O)(CCC)CCCCC. The molecular formula is C26H43NO2. The normalized spacial score (nSPS) is 14.8. The Morgan fingerprint density at radius 1 is 0.759 bits per heavy atom. The zero-order chi connectivity index (χ0) is 21.6. The van der Waals surface area contributed by atoms with Gasteiger partial charge in [-0.15, -0.1) is 0 Å². The summed E-state index contributed by atoms with van der Waals surface area (Å²) in [5.74, 6) is -0.152. The average Bonchev–Trinajstić information content (AvgIpc) is 2.70. The standard InChI is InChI=1S/C26H43NO2/c1-4-7-9-10-11-12-13-14-15-16-17-18-19-21-25(28)27-24-26(29,22-6-3)23-20-8-5-2/h9-14,17-19,21,29H,4-8,15-16,20,22-24H2,1-3H3,(H,27,28). The molecule has 2 N–H and O–H groups in total. The zero-order valence-electron chi connectivity index (χ0n) is 18.9. The molecule has 3 nitrogen and oxygen atoms in total. The predicted molar refractivity (Wildman–Crippen MR) is 127 cm³/mol. The van der Waals surface area contributed by atoms with Crippen molar-refractivity contribution >= 4 is 5.91 Å². The van der Waals surface area contributed by atoms with E-state index in [9.17, 15) is 9.90 Å². The van der Waals surface area contributed by atoms with E-state index in [0.717, 1.165) is 57.8 Å². The van der Waals surface area contributed by atoms with Gasteiger partial charge in [0.1, 0.15) is 0 Å². The fourth-order valence-corrected chi connectivity index (χ4v) is 2.94. The molecule has 0 saturated heterocycles. The fourth-order valence-electron chi connectivity index (χ4n) is 2.94. The predicted octanol–water partition coefficient (Wildman–Crippen LogP) is 6.58. The number of unbranched alkanes of at least 4 members (excludes halogenated alkanes) is 4. The second-order valence-electron chi connectivity index (χ2n) is 7.54. The van der Waals surface area contributed by atoms with Crippen LogP contribution in [0.3, 0.4) is 0 Å². The van der Waals surface area contributed by atoms with Gasteiger partial charge in [0.25, 0.3) is 0 Å². The summed E-state index contributed by atoms with van der Waals surface area (Å²) < 4.78 is 0. The molecule has 1 amide bonds. The Hall–Kier alpha value is -1.87. The van der Waals surface area contributed by atoms with Gasteiger partial charge in [0.2, 0.25) is 5.91 Å². The molecule has 3 heteroatoms. The molecule has 0 heterocycles. The van der Waals surface area contributed by atoms with Gasteiger partial charge in [-0.2, -0.15) is 0 Å². The lowest BCUT2D eigenvalue weighted by atomic mass is 9.91. The molecule has 1 unspecified atom stereocenters. The van der Waals surface area contributed by atoms with Crippen LogP contribution in [0, 0.1) is 0 Å². The highest BCUT2D eigenvalue weighted by Gasteiger charge is 2.25. The zero-order valence-corrected chi connectivity index (χ0v) is 18.9. The Balaban J connectivity index is 4.05. The van der Waals surface area contributed by atoms with Gasteiger partial charge < -0.3 is 10.4 Å². The van der Waals surface area contributed by atoms with E-state index in [4.69, 9.17) is 0 Å². The smallest absolute Gasteiger partial charge is 0.244 e. The maximum atomic E-state index is 12.0. The van der Waals surface area contributed by atoms with Crippen molar-refractivity contribution in [3.8, 4) is 0 Å². The molecule has 0 bridgehead atoms.